The smallest absolute Gasteiger partial charge is 0.0873 e. The first-order valence-corrected chi connectivity index (χ1v) is 3.04. The van der Waals surface area contributed by atoms with Gasteiger partial charge in [0.1, 0.15) is 0 Å². The van der Waals surface area contributed by atoms with Crippen LogP contribution in [0, 0.1) is 5.41 Å². The summed E-state index contributed by atoms with van der Waals surface area (Å²) >= 11 is 0. The van der Waals surface area contributed by atoms with Crippen LogP contribution in [0.5, 0.6) is 0 Å². The minimum absolute atomic E-state index is 0.167. The summed E-state index contributed by atoms with van der Waals surface area (Å²) in [6.07, 6.45) is 0. The number of benzene rings is 1. The molecule has 0 saturated carbocycles. The molecule has 0 fully saturated rings. The lowest BCUT2D eigenvalue weighted by Gasteiger charge is -1.69. The highest BCUT2D eigenvalue weighted by Gasteiger charge is 1.57. The van der Waals surface area contributed by atoms with Crippen molar-refractivity contribution in [3.8, 4) is 0 Å². The van der Waals surface area contributed by atoms with Gasteiger partial charge in [0.05, 0.1) is 5.84 Å². The number of hydrogen-bond donors (Lipinski definition) is 2. The highest BCUT2D eigenvalue weighted by atomic mass is 14.7. The van der Waals surface area contributed by atoms with Gasteiger partial charge in [-0.1, -0.05) is 36.4 Å². The summed E-state index contributed by atoms with van der Waals surface area (Å²) in [4.78, 5) is 0. The highest BCUT2D eigenvalue weighted by Crippen LogP contribution is 1.79. The van der Waals surface area contributed by atoms with E-state index in [-0.39, 0.29) is 5.84 Å². The van der Waals surface area contributed by atoms with Crippen molar-refractivity contribution < 1.29 is 0 Å². The van der Waals surface area contributed by atoms with Gasteiger partial charge in [0.2, 0.25) is 0 Å². The van der Waals surface area contributed by atoms with Gasteiger partial charge < -0.3 is 5.73 Å². The average molecular weight is 136 g/mol. The Morgan fingerprint density at radius 2 is 1.10 bits per heavy atom. The van der Waals surface area contributed by atoms with Crippen molar-refractivity contribution in [1.82, 2.24) is 0 Å². The minimum Gasteiger partial charge on any atom is -0.388 e. The maximum absolute atomic E-state index is 6.28. The Morgan fingerprint density at radius 3 is 1.20 bits per heavy atom. The summed E-state index contributed by atoms with van der Waals surface area (Å²) in [5.41, 5.74) is 4.69. The van der Waals surface area contributed by atoms with Crippen molar-refractivity contribution in [3.05, 3.63) is 36.4 Å². The van der Waals surface area contributed by atoms with Crippen molar-refractivity contribution in [2.24, 2.45) is 5.73 Å². The molecule has 2 heteroatoms. The average Bonchev–Trinajstić information content (AvgIpc) is 1.90. The van der Waals surface area contributed by atoms with E-state index in [4.69, 9.17) is 11.1 Å². The van der Waals surface area contributed by atoms with E-state index in [0.717, 1.165) is 0 Å². The molecule has 0 aromatic heterocycles. The fourth-order valence-electron chi connectivity index (χ4n) is 0.385. The molecule has 54 valence electrons. The largest absolute Gasteiger partial charge is 0.388 e. The lowest BCUT2D eigenvalue weighted by Crippen LogP contribution is -2.00. The van der Waals surface area contributed by atoms with Crippen LogP contribution in [-0.2, 0) is 0 Å². The zero-order valence-electron chi connectivity index (χ0n) is 6.04. The predicted molar refractivity (Wildman–Crippen MR) is 44.0 cm³/mol. The molecule has 0 spiro atoms. The van der Waals surface area contributed by atoms with Crippen LogP contribution in [0.2, 0.25) is 0 Å². The number of hydrogen-bond acceptors (Lipinski definition) is 1. The highest BCUT2D eigenvalue weighted by molar-refractivity contribution is 5.73. The molecule has 1 aromatic rings. The van der Waals surface area contributed by atoms with E-state index in [2.05, 4.69) is 0 Å². The second kappa shape index (κ2) is 5.82. The summed E-state index contributed by atoms with van der Waals surface area (Å²) in [5.74, 6) is 0.167. The molecule has 10 heavy (non-hydrogen) atoms. The zero-order valence-corrected chi connectivity index (χ0v) is 6.04. The number of nitrogens with one attached hydrogen (secondary N) is 1. The van der Waals surface area contributed by atoms with Gasteiger partial charge in [-0.3, -0.25) is 5.41 Å². The van der Waals surface area contributed by atoms with E-state index < -0.39 is 0 Å². The molecule has 0 saturated heterocycles. The Balaban J connectivity index is 0.000000180. The van der Waals surface area contributed by atoms with Crippen molar-refractivity contribution in [3.63, 3.8) is 0 Å². The summed E-state index contributed by atoms with van der Waals surface area (Å²) < 4.78 is 0. The van der Waals surface area contributed by atoms with Gasteiger partial charge in [-0.05, 0) is 6.92 Å². The fraction of sp³-hybridized carbons (Fsp3) is 0.125. The molecule has 0 bridgehead atoms. The van der Waals surface area contributed by atoms with Crippen molar-refractivity contribution in [2.45, 2.75) is 6.92 Å². The van der Waals surface area contributed by atoms with Gasteiger partial charge in [-0.25, -0.2) is 0 Å². The Hall–Kier alpha value is -1.31. The van der Waals surface area contributed by atoms with E-state index in [0.29, 0.717) is 0 Å². The van der Waals surface area contributed by atoms with Gasteiger partial charge in [-0.15, -0.1) is 0 Å². The van der Waals surface area contributed by atoms with E-state index in [1.807, 2.05) is 36.4 Å². The van der Waals surface area contributed by atoms with Gasteiger partial charge in [0, 0.05) is 0 Å². The lowest BCUT2D eigenvalue weighted by molar-refractivity contribution is 1.42. The maximum Gasteiger partial charge on any atom is 0.0873 e. The molecule has 3 N–H and O–H groups in total. The van der Waals surface area contributed by atoms with Crippen molar-refractivity contribution >= 4 is 5.84 Å². The zero-order chi connectivity index (χ0) is 7.82. The van der Waals surface area contributed by atoms with E-state index in [9.17, 15) is 0 Å². The van der Waals surface area contributed by atoms with Gasteiger partial charge in [0.15, 0.2) is 0 Å². The molecule has 0 aliphatic carbocycles. The SMILES string of the molecule is CC(=N)N.c1ccccc1. The van der Waals surface area contributed by atoms with Crippen molar-refractivity contribution in [1.29, 1.82) is 5.41 Å². The molecule has 1 rings (SSSR count). The molecule has 0 unspecified atom stereocenters. The van der Waals surface area contributed by atoms with Gasteiger partial charge in [-0.2, -0.15) is 0 Å². The molecular formula is C8H12N2. The molecule has 0 amide bonds. The standard InChI is InChI=1S/C6H6.C2H6N2/c1-2-4-6-5-3-1;1-2(3)4/h1-6H;1H3,(H3,3,4). The Kier molecular flexibility index (Phi) is 5.06. The maximum atomic E-state index is 6.28. The normalized spacial score (nSPS) is 7.30. The Bertz CT molecular complexity index is 139. The van der Waals surface area contributed by atoms with Gasteiger partial charge >= 0.3 is 0 Å². The van der Waals surface area contributed by atoms with E-state index in [1.165, 1.54) is 6.92 Å². The number of rotatable bonds is 0. The third-order valence-electron chi connectivity index (χ3n) is 0.667. The molecular weight excluding hydrogens is 124 g/mol. The molecule has 0 aliphatic heterocycles. The van der Waals surface area contributed by atoms with Crippen LogP contribution >= 0.6 is 0 Å². The van der Waals surface area contributed by atoms with Gasteiger partial charge in [0.25, 0.3) is 0 Å². The molecule has 2 nitrogen and oxygen atoms in total. The summed E-state index contributed by atoms with van der Waals surface area (Å²) in [6.45, 7) is 1.53. The third kappa shape index (κ3) is 9.85. The second-order valence-corrected chi connectivity index (χ2v) is 1.84. The van der Waals surface area contributed by atoms with E-state index in [1.54, 1.807) is 0 Å². The van der Waals surface area contributed by atoms with E-state index >= 15 is 0 Å². The van der Waals surface area contributed by atoms with Crippen LogP contribution in [0.4, 0.5) is 0 Å². The lowest BCUT2D eigenvalue weighted by atomic mass is 10.4. The Morgan fingerprint density at radius 1 is 1.00 bits per heavy atom. The quantitative estimate of drug-likeness (QED) is 0.413. The summed E-state index contributed by atoms with van der Waals surface area (Å²) in [7, 11) is 0. The number of amidine groups is 1. The molecule has 0 radical (unpaired) electrons. The van der Waals surface area contributed by atoms with Crippen LogP contribution in [0.1, 0.15) is 6.92 Å². The van der Waals surface area contributed by atoms with Crippen molar-refractivity contribution in [2.75, 3.05) is 0 Å². The first-order chi connectivity index (χ1) is 4.73. The summed E-state index contributed by atoms with van der Waals surface area (Å²) in [5, 5.41) is 6.28. The predicted octanol–water partition coefficient (Wildman–Crippen LogP) is 1.63. The minimum atomic E-state index is 0.167. The van der Waals surface area contributed by atoms with Crippen LogP contribution in [0.3, 0.4) is 0 Å². The molecule has 0 heterocycles. The summed E-state index contributed by atoms with van der Waals surface area (Å²) in [6, 6.07) is 12.0. The molecule has 1 aromatic carbocycles. The van der Waals surface area contributed by atoms with Crippen LogP contribution < -0.4 is 5.73 Å². The number of nitrogens with two attached hydrogens (primary N) is 1. The molecule has 0 aliphatic rings. The molecule has 0 atom stereocenters. The first-order valence-electron chi connectivity index (χ1n) is 3.04. The second-order valence-electron chi connectivity index (χ2n) is 1.84. The fourth-order valence-corrected chi connectivity index (χ4v) is 0.385. The third-order valence-corrected chi connectivity index (χ3v) is 0.667. The first kappa shape index (κ1) is 8.69. The monoisotopic (exact) mass is 136 g/mol. The topological polar surface area (TPSA) is 49.9 Å². The van der Waals surface area contributed by atoms with Crippen LogP contribution in [0.25, 0.3) is 0 Å². The van der Waals surface area contributed by atoms with Crippen LogP contribution in [-0.4, -0.2) is 5.84 Å². The Labute approximate surface area is 61.2 Å². The van der Waals surface area contributed by atoms with Crippen LogP contribution in [0.15, 0.2) is 36.4 Å².